The van der Waals surface area contributed by atoms with Crippen molar-refractivity contribution in [1.82, 2.24) is 4.90 Å². The van der Waals surface area contributed by atoms with Gasteiger partial charge in [0, 0.05) is 5.92 Å². The third-order valence-electron chi connectivity index (χ3n) is 1.71. The molecule has 4 heteroatoms. The minimum Gasteiger partial charge on any atom is -0.608 e. The Bertz CT molecular complexity index is 132. The van der Waals surface area contributed by atoms with Gasteiger partial charge >= 0.3 is 27.0 Å². The van der Waals surface area contributed by atoms with E-state index in [9.17, 15) is 4.79 Å². The smallest absolute Gasteiger partial charge is 0.608 e. The summed E-state index contributed by atoms with van der Waals surface area (Å²) in [6.07, 6.45) is 1.31. The summed E-state index contributed by atoms with van der Waals surface area (Å²) >= 11 is 0. The van der Waals surface area contributed by atoms with Crippen molar-refractivity contribution in [2.45, 2.75) is 12.8 Å². The summed E-state index contributed by atoms with van der Waals surface area (Å²) < 4.78 is 0. The van der Waals surface area contributed by atoms with Gasteiger partial charge in [-0.15, -0.1) is 0 Å². The van der Waals surface area contributed by atoms with Gasteiger partial charge in [-0.25, -0.2) is 0 Å². The molecule has 0 aromatic heterocycles. The number of nitrogens with zero attached hydrogens (tertiary/aromatic N) is 1. The Balaban J connectivity index is 0.000001000. The molecule has 0 atom stereocenters. The quantitative estimate of drug-likeness (QED) is 0.723. The van der Waals surface area contributed by atoms with E-state index in [2.05, 4.69) is 0 Å². The van der Waals surface area contributed by atoms with Crippen LogP contribution in [-0.2, 0) is 25.9 Å². The van der Waals surface area contributed by atoms with E-state index in [1.165, 1.54) is 0 Å². The third kappa shape index (κ3) is 3.35. The average molecular weight is 325 g/mol. The van der Waals surface area contributed by atoms with Gasteiger partial charge in [0.05, 0.1) is 0 Å². The summed E-state index contributed by atoms with van der Waals surface area (Å²) in [6, 6.07) is 0. The molecule has 1 fully saturated rings. The first kappa shape index (κ1) is 11.1. The first-order chi connectivity index (χ1) is 4.70. The largest absolute Gasteiger partial charge is 2.00 e. The molecule has 1 N–H and O–H groups in total. The molecule has 0 aliphatic carbocycles. The summed E-state index contributed by atoms with van der Waals surface area (Å²) in [4.78, 5) is 12.3. The molecule has 0 aromatic rings. The normalized spacial score (nSPS) is 20.8. The predicted molar refractivity (Wildman–Crippen MR) is 36.7 cm³/mol. The SMILES string of the molecule is CN1[CH-]CC(C(=O)O)C[CH-]1.[W+2]. The zero-order chi connectivity index (χ0) is 7.56. The zero-order valence-corrected chi connectivity index (χ0v) is 9.29. The van der Waals surface area contributed by atoms with Gasteiger partial charge in [0.2, 0.25) is 0 Å². The first-order valence-corrected chi connectivity index (χ1v) is 3.31. The predicted octanol–water partition coefficient (Wildman–Crippen LogP) is 0.734. The maximum atomic E-state index is 10.4. The molecular formula is C7H11NO2W. The Hall–Kier alpha value is 0.118. The number of piperidine rings is 1. The van der Waals surface area contributed by atoms with Crippen molar-refractivity contribution < 1.29 is 31.0 Å². The van der Waals surface area contributed by atoms with E-state index in [0.29, 0.717) is 12.8 Å². The van der Waals surface area contributed by atoms with Gasteiger partial charge in [0.15, 0.2) is 0 Å². The number of rotatable bonds is 1. The van der Waals surface area contributed by atoms with Crippen molar-refractivity contribution in [3.63, 3.8) is 0 Å². The van der Waals surface area contributed by atoms with Crippen LogP contribution in [0.2, 0.25) is 0 Å². The fourth-order valence-corrected chi connectivity index (χ4v) is 0.959. The number of likely N-dealkylation sites (tertiary alicyclic amines) is 1. The summed E-state index contributed by atoms with van der Waals surface area (Å²) in [5, 5.41) is 8.57. The van der Waals surface area contributed by atoms with Crippen LogP contribution in [0.5, 0.6) is 0 Å². The fraction of sp³-hybridized carbons (Fsp3) is 0.571. The molecule has 1 rings (SSSR count). The second kappa shape index (κ2) is 4.89. The standard InChI is InChI=1S/C7H11NO2.W/c1-8-4-2-6(3-5-8)7(9)10;/h4-6H,2-3H2,1H3,(H,9,10);/q-2;+2. The van der Waals surface area contributed by atoms with Crippen LogP contribution >= 0.6 is 0 Å². The summed E-state index contributed by atoms with van der Waals surface area (Å²) in [5.74, 6) is -0.892. The van der Waals surface area contributed by atoms with Crippen LogP contribution in [0.4, 0.5) is 0 Å². The van der Waals surface area contributed by atoms with Crippen molar-refractivity contribution >= 4 is 5.97 Å². The molecule has 1 saturated heterocycles. The van der Waals surface area contributed by atoms with Gasteiger partial charge in [-0.05, 0) is 0 Å². The van der Waals surface area contributed by atoms with E-state index in [4.69, 9.17) is 5.11 Å². The maximum Gasteiger partial charge on any atom is 2.00 e. The Labute approximate surface area is 81.0 Å². The molecule has 0 radical (unpaired) electrons. The number of carbonyl (C=O) groups is 1. The van der Waals surface area contributed by atoms with Crippen LogP contribution in [0, 0.1) is 19.0 Å². The van der Waals surface area contributed by atoms with E-state index < -0.39 is 5.97 Å². The molecule has 1 aliphatic heterocycles. The van der Waals surface area contributed by atoms with E-state index in [1.54, 1.807) is 0 Å². The van der Waals surface area contributed by atoms with E-state index in [0.717, 1.165) is 0 Å². The Kier molecular flexibility index (Phi) is 4.94. The van der Waals surface area contributed by atoms with Crippen molar-refractivity contribution in [3.05, 3.63) is 13.1 Å². The topological polar surface area (TPSA) is 40.5 Å². The number of hydrogen-bond donors (Lipinski definition) is 1. The van der Waals surface area contributed by atoms with Crippen LogP contribution in [0.1, 0.15) is 12.8 Å². The van der Waals surface area contributed by atoms with Crippen LogP contribution in [0.3, 0.4) is 0 Å². The number of carboxylic acid groups (broad SMARTS) is 1. The molecule has 0 aromatic carbocycles. The molecule has 11 heavy (non-hydrogen) atoms. The third-order valence-corrected chi connectivity index (χ3v) is 1.71. The monoisotopic (exact) mass is 325 g/mol. The van der Waals surface area contributed by atoms with E-state index >= 15 is 0 Å². The van der Waals surface area contributed by atoms with Crippen molar-refractivity contribution in [3.8, 4) is 0 Å². The summed E-state index contributed by atoms with van der Waals surface area (Å²) in [7, 11) is 1.91. The summed E-state index contributed by atoms with van der Waals surface area (Å²) in [5.41, 5.74) is 0. The van der Waals surface area contributed by atoms with Crippen LogP contribution in [0.15, 0.2) is 0 Å². The van der Waals surface area contributed by atoms with Crippen molar-refractivity contribution in [2.75, 3.05) is 7.05 Å². The molecule has 1 aliphatic rings. The van der Waals surface area contributed by atoms with Crippen LogP contribution < -0.4 is 0 Å². The van der Waals surface area contributed by atoms with E-state index in [1.807, 2.05) is 25.0 Å². The van der Waals surface area contributed by atoms with Gasteiger partial charge in [-0.1, -0.05) is 7.05 Å². The average Bonchev–Trinajstić information content (AvgIpc) is 1.88. The number of hydrogen-bond acceptors (Lipinski definition) is 2. The molecule has 3 nitrogen and oxygen atoms in total. The Morgan fingerprint density at radius 2 is 2.00 bits per heavy atom. The van der Waals surface area contributed by atoms with Gasteiger partial charge in [0.25, 0.3) is 0 Å². The maximum absolute atomic E-state index is 10.4. The van der Waals surface area contributed by atoms with Crippen LogP contribution in [-0.4, -0.2) is 23.0 Å². The molecule has 0 amide bonds. The Morgan fingerprint density at radius 1 is 1.55 bits per heavy atom. The number of aliphatic carboxylic acids is 1. The van der Waals surface area contributed by atoms with Crippen LogP contribution in [0.25, 0.3) is 0 Å². The number of carboxylic acids is 1. The van der Waals surface area contributed by atoms with Gasteiger partial charge < -0.3 is 10.0 Å². The van der Waals surface area contributed by atoms with Gasteiger partial charge in [-0.3, -0.25) is 17.9 Å². The van der Waals surface area contributed by atoms with Crippen molar-refractivity contribution in [1.29, 1.82) is 0 Å². The molecule has 62 valence electrons. The fourth-order valence-electron chi connectivity index (χ4n) is 0.959. The molecule has 1 heterocycles. The molecule has 0 spiro atoms. The Morgan fingerprint density at radius 3 is 2.36 bits per heavy atom. The van der Waals surface area contributed by atoms with E-state index in [-0.39, 0.29) is 27.0 Å². The minimum absolute atomic E-state index is 0. The zero-order valence-electron chi connectivity index (χ0n) is 6.36. The summed E-state index contributed by atoms with van der Waals surface area (Å²) in [6.45, 7) is 3.78. The second-order valence-electron chi connectivity index (χ2n) is 2.54. The second-order valence-corrected chi connectivity index (χ2v) is 2.54. The molecular weight excluding hydrogens is 314 g/mol. The molecule has 0 unspecified atom stereocenters. The van der Waals surface area contributed by atoms with Gasteiger partial charge in [-0.2, -0.15) is 12.8 Å². The van der Waals surface area contributed by atoms with Gasteiger partial charge in [0.1, 0.15) is 0 Å². The molecule has 0 saturated carbocycles. The molecule has 0 bridgehead atoms. The first-order valence-electron chi connectivity index (χ1n) is 3.31. The van der Waals surface area contributed by atoms with Crippen molar-refractivity contribution in [2.24, 2.45) is 5.92 Å². The minimum atomic E-state index is -0.694.